The minimum Gasteiger partial charge on any atom is -0.394 e. The van der Waals surface area contributed by atoms with Crippen LogP contribution in [0.1, 0.15) is 309 Å². The quantitative estimate of drug-likeness (QED) is 0.0261. The Labute approximate surface area is 487 Å². The molecule has 0 bridgehead atoms. The van der Waals surface area contributed by atoms with Crippen molar-refractivity contribution in [3.8, 4) is 0 Å². The number of aliphatic hydroxyl groups excluding tert-OH is 5. The van der Waals surface area contributed by atoms with Crippen LogP contribution < -0.4 is 5.32 Å². The van der Waals surface area contributed by atoms with Gasteiger partial charge in [0.1, 0.15) is 24.4 Å². The van der Waals surface area contributed by atoms with Crippen LogP contribution >= 0.6 is 0 Å². The van der Waals surface area contributed by atoms with Crippen LogP contribution in [0, 0.1) is 0 Å². The summed E-state index contributed by atoms with van der Waals surface area (Å²) >= 11 is 0. The van der Waals surface area contributed by atoms with Gasteiger partial charge in [0.2, 0.25) is 5.91 Å². The van der Waals surface area contributed by atoms with Crippen molar-refractivity contribution in [2.75, 3.05) is 13.2 Å². The summed E-state index contributed by atoms with van der Waals surface area (Å²) < 4.78 is 11.3. The highest BCUT2D eigenvalue weighted by Crippen LogP contribution is 2.23. The van der Waals surface area contributed by atoms with Crippen molar-refractivity contribution in [1.29, 1.82) is 0 Å². The SMILES string of the molecule is CC/C=C\C/C=C\C/C=C\C/C=C\CCCCCCCCCCCCCCCCCCCCC(=O)NC(COC1OC(CO)C(O)C(O)C1O)C(O)/C=C/CC/C=C/CCCCCCCCCCCCCCCCCCCCC. The highest BCUT2D eigenvalue weighted by atomic mass is 16.7. The number of rotatable bonds is 58. The first-order valence-electron chi connectivity index (χ1n) is 33.7. The van der Waals surface area contributed by atoms with E-state index in [1.807, 2.05) is 6.08 Å². The fourth-order valence-electron chi connectivity index (χ4n) is 10.5. The predicted octanol–water partition coefficient (Wildman–Crippen LogP) is 18.0. The second kappa shape index (κ2) is 58.8. The summed E-state index contributed by atoms with van der Waals surface area (Å²) in [5.74, 6) is -0.184. The number of aliphatic hydroxyl groups is 5. The molecule has 0 aromatic heterocycles. The van der Waals surface area contributed by atoms with Crippen molar-refractivity contribution in [1.82, 2.24) is 5.32 Å². The fraction of sp³-hybridized carbons (Fsp3) is 0.814. The van der Waals surface area contributed by atoms with Crippen molar-refractivity contribution in [3.05, 3.63) is 72.9 Å². The molecule has 9 heteroatoms. The van der Waals surface area contributed by atoms with E-state index in [0.717, 1.165) is 64.2 Å². The smallest absolute Gasteiger partial charge is 0.220 e. The standard InChI is InChI=1S/C70H127NO8/c1-3-5-7-9-11-13-15-17-19-21-23-25-27-29-30-31-32-33-34-36-38-40-42-44-46-48-50-52-54-56-58-60-66(74)71-63(62-78-70-69(77)68(76)67(75)65(61-72)79-70)64(73)59-57-55-53-51-49-47-45-43-41-39-37-35-28-26-24-22-20-18-16-14-12-10-8-6-4-2/h5,7,11,13,17,19,23,25,49,51,57,59,63-65,67-70,72-73,75-77H,3-4,6,8-10,12,14-16,18,20-22,24,26-48,50,52-56,58,60-62H2,1-2H3,(H,71,74)/b7-5-,13-11-,19-17-,25-23-,51-49+,59-57+. The van der Waals surface area contributed by atoms with Gasteiger partial charge in [0.05, 0.1) is 25.4 Å². The molecule has 0 spiro atoms. The summed E-state index contributed by atoms with van der Waals surface area (Å²) in [4.78, 5) is 13.1. The number of unbranched alkanes of at least 4 members (excludes halogenated alkanes) is 38. The lowest BCUT2D eigenvalue weighted by Crippen LogP contribution is -2.60. The monoisotopic (exact) mass is 1110 g/mol. The lowest BCUT2D eigenvalue weighted by atomic mass is 9.99. The maximum atomic E-state index is 13.1. The van der Waals surface area contributed by atoms with Gasteiger partial charge < -0.3 is 40.3 Å². The molecule has 1 amide bonds. The first-order valence-corrected chi connectivity index (χ1v) is 33.7. The van der Waals surface area contributed by atoms with Gasteiger partial charge in [-0.25, -0.2) is 0 Å². The molecule has 6 N–H and O–H groups in total. The molecule has 0 aromatic rings. The van der Waals surface area contributed by atoms with Crippen LogP contribution in [0.4, 0.5) is 0 Å². The molecule has 1 heterocycles. The van der Waals surface area contributed by atoms with E-state index in [2.05, 4.69) is 79.9 Å². The van der Waals surface area contributed by atoms with E-state index < -0.39 is 49.5 Å². The van der Waals surface area contributed by atoms with E-state index in [0.29, 0.717) is 6.42 Å². The second-order valence-corrected chi connectivity index (χ2v) is 23.2. The van der Waals surface area contributed by atoms with Crippen LogP contribution in [0.25, 0.3) is 0 Å². The lowest BCUT2D eigenvalue weighted by Gasteiger charge is -2.40. The molecule has 1 fully saturated rings. The zero-order chi connectivity index (χ0) is 57.2. The number of amides is 1. The highest BCUT2D eigenvalue weighted by Gasteiger charge is 2.44. The third-order valence-corrected chi connectivity index (χ3v) is 15.8. The Kier molecular flexibility index (Phi) is 55.6. The second-order valence-electron chi connectivity index (χ2n) is 23.2. The Bertz CT molecular complexity index is 1470. The Hall–Kier alpha value is -2.37. The molecule has 1 saturated heterocycles. The highest BCUT2D eigenvalue weighted by molar-refractivity contribution is 5.76. The number of nitrogens with one attached hydrogen (secondary N) is 1. The van der Waals surface area contributed by atoms with E-state index in [9.17, 15) is 30.3 Å². The van der Waals surface area contributed by atoms with Crippen molar-refractivity contribution in [2.45, 2.75) is 352 Å². The Balaban J connectivity index is 2.16. The molecule has 0 aromatic carbocycles. The summed E-state index contributed by atoms with van der Waals surface area (Å²) in [5, 5.41) is 54.7. The molecule has 1 aliphatic heterocycles. The van der Waals surface area contributed by atoms with Crippen molar-refractivity contribution in [3.63, 3.8) is 0 Å². The largest absolute Gasteiger partial charge is 0.394 e. The lowest BCUT2D eigenvalue weighted by molar-refractivity contribution is -0.302. The van der Waals surface area contributed by atoms with E-state index >= 15 is 0 Å². The molecule has 7 unspecified atom stereocenters. The average molecular weight is 1110 g/mol. The first kappa shape index (κ1) is 74.6. The summed E-state index contributed by atoms with van der Waals surface area (Å²) in [6.07, 6.45) is 75.7. The summed E-state index contributed by atoms with van der Waals surface area (Å²) in [6, 6.07) is -0.825. The normalized spacial score (nSPS) is 19.0. The molecule has 0 aliphatic carbocycles. The maximum Gasteiger partial charge on any atom is 0.220 e. The van der Waals surface area contributed by atoms with Crippen LogP contribution in [0.15, 0.2) is 72.9 Å². The first-order chi connectivity index (χ1) is 38.8. The van der Waals surface area contributed by atoms with Gasteiger partial charge in [-0.2, -0.15) is 0 Å². The average Bonchev–Trinajstić information content (AvgIpc) is 3.47. The van der Waals surface area contributed by atoms with Gasteiger partial charge in [-0.1, -0.05) is 305 Å². The molecular weight excluding hydrogens is 983 g/mol. The van der Waals surface area contributed by atoms with Gasteiger partial charge in [0.25, 0.3) is 0 Å². The van der Waals surface area contributed by atoms with Crippen molar-refractivity contribution in [2.24, 2.45) is 0 Å². The fourth-order valence-corrected chi connectivity index (χ4v) is 10.5. The molecule has 1 rings (SSSR count). The number of hydrogen-bond donors (Lipinski definition) is 6. The molecule has 460 valence electrons. The van der Waals surface area contributed by atoms with E-state index in [1.165, 1.54) is 225 Å². The topological polar surface area (TPSA) is 149 Å². The van der Waals surface area contributed by atoms with Crippen LogP contribution in [0.3, 0.4) is 0 Å². The van der Waals surface area contributed by atoms with Crippen LogP contribution in [0.2, 0.25) is 0 Å². The van der Waals surface area contributed by atoms with Gasteiger partial charge >= 0.3 is 0 Å². The van der Waals surface area contributed by atoms with Gasteiger partial charge in [-0.15, -0.1) is 0 Å². The van der Waals surface area contributed by atoms with E-state index in [-0.39, 0.29) is 12.5 Å². The molecule has 9 nitrogen and oxygen atoms in total. The number of carbonyl (C=O) groups excluding carboxylic acids is 1. The maximum absolute atomic E-state index is 13.1. The van der Waals surface area contributed by atoms with Gasteiger partial charge in [0.15, 0.2) is 6.29 Å². The molecule has 79 heavy (non-hydrogen) atoms. The third kappa shape index (κ3) is 47.8. The van der Waals surface area contributed by atoms with E-state index in [1.54, 1.807) is 6.08 Å². The molecule has 1 aliphatic rings. The van der Waals surface area contributed by atoms with Crippen LogP contribution in [-0.2, 0) is 14.3 Å². The number of carbonyl (C=O) groups is 1. The Morgan fingerprint density at radius 2 is 0.797 bits per heavy atom. The molecule has 0 radical (unpaired) electrons. The number of ether oxygens (including phenoxy) is 2. The predicted molar refractivity (Wildman–Crippen MR) is 336 cm³/mol. The zero-order valence-electron chi connectivity index (χ0n) is 51.4. The Morgan fingerprint density at radius 1 is 0.443 bits per heavy atom. The van der Waals surface area contributed by atoms with E-state index in [4.69, 9.17) is 9.47 Å². The molecular formula is C70H127NO8. The van der Waals surface area contributed by atoms with Gasteiger partial charge in [-0.05, 0) is 70.6 Å². The van der Waals surface area contributed by atoms with Crippen molar-refractivity contribution >= 4 is 5.91 Å². The zero-order valence-corrected chi connectivity index (χ0v) is 51.4. The summed E-state index contributed by atoms with van der Waals surface area (Å²) in [6.45, 7) is 3.69. The Morgan fingerprint density at radius 3 is 1.22 bits per heavy atom. The molecule has 0 saturated carbocycles. The van der Waals surface area contributed by atoms with Crippen LogP contribution in [0.5, 0.6) is 0 Å². The number of allylic oxidation sites excluding steroid dienone is 11. The summed E-state index contributed by atoms with van der Waals surface area (Å²) in [7, 11) is 0. The summed E-state index contributed by atoms with van der Waals surface area (Å²) in [5.41, 5.74) is 0. The minimum absolute atomic E-state index is 0.184. The third-order valence-electron chi connectivity index (χ3n) is 15.8. The number of hydrogen-bond acceptors (Lipinski definition) is 8. The van der Waals surface area contributed by atoms with Crippen LogP contribution in [-0.4, -0.2) is 87.5 Å². The van der Waals surface area contributed by atoms with Crippen molar-refractivity contribution < 1.29 is 39.8 Å². The van der Waals surface area contributed by atoms with Gasteiger partial charge in [-0.3, -0.25) is 4.79 Å². The minimum atomic E-state index is -1.57. The van der Waals surface area contributed by atoms with Gasteiger partial charge in [0, 0.05) is 6.42 Å². The molecule has 7 atom stereocenters.